The van der Waals surface area contributed by atoms with Crippen molar-refractivity contribution >= 4 is 5.57 Å². The summed E-state index contributed by atoms with van der Waals surface area (Å²) in [5, 5.41) is 14.8. The van der Waals surface area contributed by atoms with Crippen LogP contribution in [0.1, 0.15) is 65.3 Å². The molecule has 0 N–H and O–H groups in total. The van der Waals surface area contributed by atoms with Gasteiger partial charge in [-0.3, -0.25) is 0 Å². The van der Waals surface area contributed by atoms with E-state index in [1.165, 1.54) is 44.5 Å². The second kappa shape index (κ2) is 15.7. The summed E-state index contributed by atoms with van der Waals surface area (Å²) >= 11 is 0. The molecule has 5 aliphatic carbocycles. The molecule has 1 aromatic heterocycles. The van der Waals surface area contributed by atoms with Gasteiger partial charge in [-0.15, -0.1) is 0 Å². The first-order valence-electron chi connectivity index (χ1n) is 22.7. The molecule has 5 aromatic carbocycles. The highest BCUT2D eigenvalue weighted by molar-refractivity contribution is 5.95. The average molecular weight is 827 g/mol. The predicted octanol–water partition coefficient (Wildman–Crippen LogP) is 13.3. The van der Waals surface area contributed by atoms with Gasteiger partial charge < -0.3 is 4.74 Å². The first-order valence-corrected chi connectivity index (χ1v) is 22.7. The molecule has 1 aliphatic heterocycles. The second-order valence-corrected chi connectivity index (χ2v) is 17.7. The van der Waals surface area contributed by atoms with E-state index in [1.807, 2.05) is 30.3 Å². The number of para-hydroxylation sites is 1. The van der Waals surface area contributed by atoms with Crippen molar-refractivity contribution < 1.29 is 4.74 Å². The quantitative estimate of drug-likeness (QED) is 0.153. The van der Waals surface area contributed by atoms with Crippen LogP contribution in [0.5, 0.6) is 5.75 Å². The molecule has 0 saturated heterocycles. The van der Waals surface area contributed by atoms with Gasteiger partial charge in [0, 0.05) is 28.4 Å². The van der Waals surface area contributed by atoms with E-state index in [4.69, 9.17) is 14.8 Å². The molecule has 6 aromatic rings. The third kappa shape index (κ3) is 6.20. The molecule has 0 saturated carbocycles. The van der Waals surface area contributed by atoms with Gasteiger partial charge in [0.1, 0.15) is 11.9 Å². The molecular weight excluding hydrogens is 781 g/mol. The van der Waals surface area contributed by atoms with Gasteiger partial charge in [0.05, 0.1) is 23.7 Å². The minimum absolute atomic E-state index is 0.0399. The number of aromatic nitrogens is 3. The molecule has 0 spiro atoms. The number of allylic oxidation sites excluding steroid dienone is 14. The van der Waals surface area contributed by atoms with Crippen LogP contribution >= 0.6 is 0 Å². The van der Waals surface area contributed by atoms with E-state index in [2.05, 4.69) is 175 Å². The number of hydrogen-bond donors (Lipinski definition) is 0. The predicted molar refractivity (Wildman–Crippen MR) is 256 cm³/mol. The van der Waals surface area contributed by atoms with E-state index >= 15 is 0 Å². The number of nitrogens with zero attached hydrogens (tertiary/aromatic N) is 4. The number of fused-ring (bicyclic) bond motifs is 6. The second-order valence-electron chi connectivity index (χ2n) is 17.7. The number of benzene rings is 5. The Morgan fingerprint density at radius 2 is 1.52 bits per heavy atom. The molecule has 5 atom stereocenters. The van der Waals surface area contributed by atoms with Gasteiger partial charge in [0.25, 0.3) is 0 Å². The molecule has 0 amide bonds. The fourth-order valence-corrected chi connectivity index (χ4v) is 11.4. The molecule has 64 heavy (non-hydrogen) atoms. The van der Waals surface area contributed by atoms with Crippen molar-refractivity contribution in [3.63, 3.8) is 0 Å². The minimum Gasteiger partial charge on any atom is -0.484 e. The zero-order valence-corrected chi connectivity index (χ0v) is 35.5. The molecule has 2 heterocycles. The van der Waals surface area contributed by atoms with Crippen molar-refractivity contribution in [3.05, 3.63) is 239 Å². The number of nitriles is 1. The van der Waals surface area contributed by atoms with Crippen molar-refractivity contribution in [1.82, 2.24) is 14.8 Å². The fraction of sp³-hybridized carbons (Fsp3) is 0.169. The summed E-state index contributed by atoms with van der Waals surface area (Å²) in [5.74, 6) is 2.94. The van der Waals surface area contributed by atoms with Gasteiger partial charge in [0.15, 0.2) is 11.6 Å². The summed E-state index contributed by atoms with van der Waals surface area (Å²) in [6, 6.07) is 45.3. The highest BCUT2D eigenvalue weighted by Crippen LogP contribution is 2.63. The van der Waals surface area contributed by atoms with Crippen molar-refractivity contribution in [2.75, 3.05) is 0 Å². The summed E-state index contributed by atoms with van der Waals surface area (Å²) in [4.78, 5) is 5.39. The van der Waals surface area contributed by atoms with E-state index in [1.54, 1.807) is 0 Å². The first-order chi connectivity index (χ1) is 31.7. The zero-order valence-electron chi connectivity index (χ0n) is 35.5. The topological polar surface area (TPSA) is 63.7 Å². The largest absolute Gasteiger partial charge is 0.484 e. The van der Waals surface area contributed by atoms with Crippen LogP contribution < -0.4 is 4.74 Å². The maximum atomic E-state index is 9.43. The van der Waals surface area contributed by atoms with Crippen molar-refractivity contribution in [2.45, 2.75) is 55.6 Å². The van der Waals surface area contributed by atoms with Gasteiger partial charge in [-0.25, -0.2) is 9.67 Å². The number of ether oxygens (including phenoxy) is 1. The van der Waals surface area contributed by atoms with Crippen LogP contribution in [-0.2, 0) is 12.0 Å². The van der Waals surface area contributed by atoms with Crippen LogP contribution in [-0.4, -0.2) is 20.9 Å². The molecule has 12 rings (SSSR count). The van der Waals surface area contributed by atoms with Gasteiger partial charge in [0.2, 0.25) is 0 Å². The maximum absolute atomic E-state index is 9.43. The number of hydrogen-bond acceptors (Lipinski definition) is 4. The summed E-state index contributed by atoms with van der Waals surface area (Å²) in [6.07, 6.45) is 31.4. The smallest absolute Gasteiger partial charge is 0.181 e. The highest BCUT2D eigenvalue weighted by atomic mass is 16.5. The van der Waals surface area contributed by atoms with E-state index in [-0.39, 0.29) is 29.3 Å². The molecule has 0 bridgehead atoms. The minimum atomic E-state index is -0.337. The summed E-state index contributed by atoms with van der Waals surface area (Å²) in [7, 11) is 0. The normalized spacial score (nSPS) is 23.4. The third-order valence-electron chi connectivity index (χ3n) is 14.3. The Kier molecular flexibility index (Phi) is 9.34. The summed E-state index contributed by atoms with van der Waals surface area (Å²) in [6.45, 7) is 0.571. The Morgan fingerprint density at radius 3 is 2.31 bits per heavy atom. The number of rotatable bonds is 8. The Labute approximate surface area is 374 Å². The van der Waals surface area contributed by atoms with Crippen LogP contribution in [0.25, 0.3) is 39.5 Å². The van der Waals surface area contributed by atoms with Crippen LogP contribution in [0.2, 0.25) is 0 Å². The van der Waals surface area contributed by atoms with Crippen LogP contribution in [0.15, 0.2) is 211 Å². The van der Waals surface area contributed by atoms with Crippen molar-refractivity contribution in [1.29, 1.82) is 5.26 Å². The van der Waals surface area contributed by atoms with Crippen LogP contribution in [0.3, 0.4) is 0 Å². The van der Waals surface area contributed by atoms with E-state index in [0.29, 0.717) is 17.9 Å². The lowest BCUT2D eigenvalue weighted by atomic mass is 9.59. The highest BCUT2D eigenvalue weighted by Gasteiger charge is 2.53. The van der Waals surface area contributed by atoms with Crippen LogP contribution in [0, 0.1) is 17.2 Å². The van der Waals surface area contributed by atoms with E-state index in [9.17, 15) is 5.26 Å². The fourth-order valence-electron chi connectivity index (χ4n) is 11.4. The van der Waals surface area contributed by atoms with Gasteiger partial charge in [-0.05, 0) is 100 Å². The lowest BCUT2D eigenvalue weighted by molar-refractivity contribution is 0.269. The Bertz CT molecular complexity index is 3130. The Balaban J connectivity index is 1.05. The molecule has 0 fully saturated rings. The Morgan fingerprint density at radius 1 is 0.734 bits per heavy atom. The van der Waals surface area contributed by atoms with Gasteiger partial charge >= 0.3 is 0 Å². The van der Waals surface area contributed by atoms with Crippen molar-refractivity contribution in [3.8, 4) is 45.7 Å². The van der Waals surface area contributed by atoms with Gasteiger partial charge in [-0.1, -0.05) is 176 Å². The molecule has 5 nitrogen and oxygen atoms in total. The lowest BCUT2D eigenvalue weighted by Crippen LogP contribution is -2.37. The zero-order chi connectivity index (χ0) is 42.6. The Hall–Kier alpha value is -7.55. The third-order valence-corrected chi connectivity index (χ3v) is 14.3. The summed E-state index contributed by atoms with van der Waals surface area (Å²) in [5.41, 5.74) is 15.3. The lowest BCUT2D eigenvalue weighted by Gasteiger charge is -2.43. The molecular formula is C59H46N4O. The standard InChI is InChI=1S/C59H46N4O/c60-37-39-27-29-40(30-28-39)41-31-33-42(34-32-41)44-35-45(55-50-22-10-12-25-52(50)59(53(55)36-44,46-17-6-2-7-18-46)47-19-8-3-9-20-47)38-63-58(61-57(62-63)43-15-4-1-5-16-43)51-24-14-23-49-48-21-11-13-26-54(48)64-56(49)51/h1-8,10-17,19,21-34,36,44,46,48,54H,9,18,20,35,38H2. The maximum Gasteiger partial charge on any atom is 0.181 e. The molecule has 5 unspecified atom stereocenters. The SMILES string of the molecule is N#Cc1ccc(-c2ccc(C3C=C4C(=C(Cn5nc(-c6ccccc6)nc5-c5cccc6c5OC5C=CC=CC65)C3)c3ccccc3C4(C3=CC=CCC3)C3C=CC=CC3)cc2)cc1. The van der Waals surface area contributed by atoms with Crippen LogP contribution in [0.4, 0.5) is 0 Å². The average Bonchev–Trinajstić information content (AvgIpc) is 4.06. The molecule has 308 valence electrons. The van der Waals surface area contributed by atoms with E-state index < -0.39 is 0 Å². The molecule has 0 radical (unpaired) electrons. The van der Waals surface area contributed by atoms with E-state index in [0.717, 1.165) is 59.5 Å². The first kappa shape index (κ1) is 38.2. The molecule has 5 heteroatoms. The van der Waals surface area contributed by atoms with Gasteiger partial charge in [-0.2, -0.15) is 10.4 Å². The van der Waals surface area contributed by atoms with Crippen molar-refractivity contribution in [2.24, 2.45) is 5.92 Å². The monoisotopic (exact) mass is 826 g/mol. The molecule has 6 aliphatic rings. The summed E-state index contributed by atoms with van der Waals surface area (Å²) < 4.78 is 8.95.